The van der Waals surface area contributed by atoms with Crippen LogP contribution in [0.15, 0.2) is 11.6 Å². The van der Waals surface area contributed by atoms with Gasteiger partial charge in [-0.15, -0.1) is 0 Å². The Morgan fingerprint density at radius 1 is 0.552 bits per heavy atom. The van der Waals surface area contributed by atoms with Gasteiger partial charge in [0.25, 0.3) is 0 Å². The summed E-state index contributed by atoms with van der Waals surface area (Å²) in [4.78, 5) is 0. The fourth-order valence-electron chi connectivity index (χ4n) is 15.3. The molecular weight excluding hydrogens is 881 g/mol. The van der Waals surface area contributed by atoms with Crippen LogP contribution < -0.4 is 0 Å². The number of hydrogen-bond acceptors (Lipinski definition) is 19. The molecule has 3 saturated heterocycles. The molecule has 8 aliphatic rings. The van der Waals surface area contributed by atoms with E-state index in [9.17, 15) is 66.4 Å². The molecule has 5 aliphatic carbocycles. The Labute approximate surface area is 392 Å². The molecule has 0 amide bonds. The van der Waals surface area contributed by atoms with Crippen molar-refractivity contribution < 1.29 is 94.8 Å². The molecule has 26 atom stereocenters. The van der Waals surface area contributed by atoms with Gasteiger partial charge in [0.1, 0.15) is 73.2 Å². The first kappa shape index (κ1) is 52.3. The molecule has 19 heteroatoms. The van der Waals surface area contributed by atoms with E-state index in [0.29, 0.717) is 32.1 Å². The monoisotopic (exact) mass is 961 g/mol. The molecule has 0 aromatic rings. The molecule has 13 N–H and O–H groups in total. The number of allylic oxidation sites excluding steroid dienone is 2. The molecule has 3 heterocycles. The first-order valence-corrected chi connectivity index (χ1v) is 24.5. The molecule has 8 rings (SSSR count). The van der Waals surface area contributed by atoms with Crippen LogP contribution in [-0.4, -0.2) is 203 Å². The highest BCUT2D eigenvalue weighted by Gasteiger charge is 2.72. The maximum Gasteiger partial charge on any atom is 0.187 e. The highest BCUT2D eigenvalue weighted by atomic mass is 16.8. The zero-order chi connectivity index (χ0) is 49.1. The Morgan fingerprint density at radius 3 is 1.63 bits per heavy atom. The second-order valence-corrected chi connectivity index (χ2v) is 23.7. The van der Waals surface area contributed by atoms with Crippen molar-refractivity contribution in [2.75, 3.05) is 26.4 Å². The summed E-state index contributed by atoms with van der Waals surface area (Å²) in [7, 11) is 0. The third kappa shape index (κ3) is 8.14. The second-order valence-electron chi connectivity index (χ2n) is 23.7. The zero-order valence-electron chi connectivity index (χ0n) is 40.0. The Balaban J connectivity index is 1.11. The molecule has 19 nitrogen and oxygen atoms in total. The summed E-state index contributed by atoms with van der Waals surface area (Å²) in [5.74, 6) is -0.532. The highest BCUT2D eigenvalue weighted by molar-refractivity contribution is 5.35. The van der Waals surface area contributed by atoms with Crippen LogP contribution in [0.3, 0.4) is 0 Å². The van der Waals surface area contributed by atoms with Crippen molar-refractivity contribution in [1.29, 1.82) is 0 Å². The van der Waals surface area contributed by atoms with Crippen molar-refractivity contribution >= 4 is 0 Å². The summed E-state index contributed by atoms with van der Waals surface area (Å²) in [5, 5.41) is 141. The van der Waals surface area contributed by atoms with E-state index >= 15 is 0 Å². The third-order valence-corrected chi connectivity index (χ3v) is 19.5. The Bertz CT molecular complexity index is 1790. The smallest absolute Gasteiger partial charge is 0.187 e. The van der Waals surface area contributed by atoms with E-state index in [1.165, 1.54) is 5.57 Å². The van der Waals surface area contributed by atoms with Crippen molar-refractivity contribution in [2.45, 2.75) is 210 Å². The van der Waals surface area contributed by atoms with Gasteiger partial charge in [-0.1, -0.05) is 60.1 Å². The van der Waals surface area contributed by atoms with Crippen LogP contribution in [0, 0.1) is 50.2 Å². The molecule has 0 spiro atoms. The van der Waals surface area contributed by atoms with Crippen LogP contribution in [0.4, 0.5) is 0 Å². The molecule has 7 fully saturated rings. The highest BCUT2D eigenvalue weighted by Crippen LogP contribution is 2.76. The van der Waals surface area contributed by atoms with E-state index in [0.717, 1.165) is 19.3 Å². The molecule has 0 bridgehead atoms. The number of aliphatic hydroxyl groups is 13. The van der Waals surface area contributed by atoms with Gasteiger partial charge in [-0.2, -0.15) is 0 Å². The maximum absolute atomic E-state index is 12.8. The molecule has 4 saturated carbocycles. The molecule has 386 valence electrons. The summed E-state index contributed by atoms with van der Waals surface area (Å²) in [6.07, 6.45) is -18.4. The van der Waals surface area contributed by atoms with Gasteiger partial charge in [0.05, 0.1) is 44.7 Å². The van der Waals surface area contributed by atoms with Gasteiger partial charge in [0.15, 0.2) is 18.9 Å². The lowest BCUT2D eigenvalue weighted by molar-refractivity contribution is -0.380. The Kier molecular flexibility index (Phi) is 14.4. The lowest BCUT2D eigenvalue weighted by Gasteiger charge is -2.73. The van der Waals surface area contributed by atoms with Gasteiger partial charge >= 0.3 is 0 Å². The minimum atomic E-state index is -1.85. The lowest BCUT2D eigenvalue weighted by Crippen LogP contribution is -2.71. The molecule has 67 heavy (non-hydrogen) atoms. The lowest BCUT2D eigenvalue weighted by atomic mass is 9.33. The average Bonchev–Trinajstić information content (AvgIpc) is 3.27. The van der Waals surface area contributed by atoms with Crippen molar-refractivity contribution in [3.63, 3.8) is 0 Å². The summed E-state index contributed by atoms with van der Waals surface area (Å²) in [5.41, 5.74) is -1.94. The van der Waals surface area contributed by atoms with Crippen molar-refractivity contribution in [3.05, 3.63) is 11.6 Å². The summed E-state index contributed by atoms with van der Waals surface area (Å²) < 4.78 is 37.1. The van der Waals surface area contributed by atoms with Crippen LogP contribution in [0.25, 0.3) is 0 Å². The number of rotatable bonds is 10. The van der Waals surface area contributed by atoms with Gasteiger partial charge in [-0.25, -0.2) is 0 Å². The molecule has 0 aromatic heterocycles. The number of aliphatic hydroxyl groups excluding tert-OH is 13. The largest absolute Gasteiger partial charge is 0.396 e. The Morgan fingerprint density at radius 2 is 1.07 bits per heavy atom. The number of hydrogen-bond donors (Lipinski definition) is 13. The second kappa shape index (κ2) is 18.5. The zero-order valence-corrected chi connectivity index (χ0v) is 40.0. The summed E-state index contributed by atoms with van der Waals surface area (Å²) >= 11 is 0. The van der Waals surface area contributed by atoms with E-state index in [1.807, 2.05) is 6.92 Å². The summed E-state index contributed by atoms with van der Waals surface area (Å²) in [6.45, 7) is 12.9. The van der Waals surface area contributed by atoms with E-state index < -0.39 is 170 Å². The number of ether oxygens (including phenoxy) is 6. The average molecular weight is 961 g/mol. The topological polar surface area (TPSA) is 318 Å². The van der Waals surface area contributed by atoms with Crippen LogP contribution in [0.5, 0.6) is 0 Å². The normalized spacial score (nSPS) is 56.5. The fourth-order valence-corrected chi connectivity index (χ4v) is 15.3. The van der Waals surface area contributed by atoms with Crippen molar-refractivity contribution in [2.24, 2.45) is 50.2 Å². The minimum Gasteiger partial charge on any atom is -0.396 e. The van der Waals surface area contributed by atoms with Crippen molar-refractivity contribution in [1.82, 2.24) is 0 Å². The van der Waals surface area contributed by atoms with E-state index in [-0.39, 0.29) is 17.3 Å². The van der Waals surface area contributed by atoms with Crippen LogP contribution >= 0.6 is 0 Å². The van der Waals surface area contributed by atoms with Gasteiger partial charge in [-0.3, -0.25) is 0 Å². The predicted octanol–water partition coefficient (Wildman–Crippen LogP) is -1.44. The van der Waals surface area contributed by atoms with Crippen molar-refractivity contribution in [3.8, 4) is 0 Å². The summed E-state index contributed by atoms with van der Waals surface area (Å²) in [6, 6.07) is 0. The van der Waals surface area contributed by atoms with Crippen LogP contribution in [0.1, 0.15) is 99.8 Å². The van der Waals surface area contributed by atoms with Gasteiger partial charge in [0, 0.05) is 16.7 Å². The molecular formula is C48H80O19. The fraction of sp³-hybridized carbons (Fsp3) is 0.958. The van der Waals surface area contributed by atoms with Crippen LogP contribution in [-0.2, 0) is 28.4 Å². The molecule has 0 aromatic carbocycles. The molecule has 3 aliphatic heterocycles. The molecule has 0 unspecified atom stereocenters. The van der Waals surface area contributed by atoms with Gasteiger partial charge < -0.3 is 94.8 Å². The standard InChI is InChI=1S/C48H80O19/c1-43(2)12-13-44(3)22(14-43)21-8-9-27-45(4)11-10-28(65-42-38(35(59)32(56)26(19-51)64-42)67-41-37(61)34(58)31(55)25(18-50)63-41)46(5,20-52)39(45)23(53)15-48(27,7)47(21,6)16-29(44)66-40-36(60)33(57)30(54)24(17-49)62-40/h8,22-42,49-61H,9-20H2,1-7H3/t22-,23+,24+,25+,26+,27+,28-,29-,30+,31-,32+,33-,34-,35-,36+,37+,38+,39+,40-,41-,42-,44-,45+,46+,47+,48+/m0/s1. The first-order valence-electron chi connectivity index (χ1n) is 24.5. The van der Waals surface area contributed by atoms with Gasteiger partial charge in [-0.05, 0) is 84.9 Å². The Hall–Kier alpha value is -1.02. The third-order valence-electron chi connectivity index (χ3n) is 19.5. The quantitative estimate of drug-likeness (QED) is 0.0881. The van der Waals surface area contributed by atoms with E-state index in [4.69, 9.17) is 28.4 Å². The predicted molar refractivity (Wildman–Crippen MR) is 233 cm³/mol. The maximum atomic E-state index is 12.8. The van der Waals surface area contributed by atoms with E-state index in [2.05, 4.69) is 47.6 Å². The number of fused-ring (bicyclic) bond motifs is 7. The van der Waals surface area contributed by atoms with E-state index in [1.54, 1.807) is 0 Å². The SMILES string of the molecule is CC1(C)CC[C@]2(C)[C@@H](O[C@@H]3O[C@H](CO)[C@@H](O)[C@H](O)[C@H]3O)C[C@]3(C)C(=CC[C@@H]4[C@@]5(C)CC[C@H](O[C@@H]6O[C@H](CO)[C@@H](O)[C@H](O)[C@H]6O[C@@H]6O[C@H](CO)[C@H](O)[C@H](O)[C@H]6O)[C@@](C)(CO)[C@@H]5[C@H](O)C[C@]43C)[C@@H]2C1. The first-order chi connectivity index (χ1) is 31.3. The van der Waals surface area contributed by atoms with Crippen LogP contribution in [0.2, 0.25) is 0 Å². The molecule has 0 radical (unpaired) electrons. The minimum absolute atomic E-state index is 0.00540. The van der Waals surface area contributed by atoms with Gasteiger partial charge in [0.2, 0.25) is 0 Å².